The molecule has 0 radical (unpaired) electrons. The van der Waals surface area contributed by atoms with Gasteiger partial charge in [-0.25, -0.2) is 4.39 Å². The Bertz CT molecular complexity index is 359. The molecule has 1 aliphatic carbocycles. The average molecular weight is 239 g/mol. The van der Waals surface area contributed by atoms with Crippen molar-refractivity contribution in [3.63, 3.8) is 0 Å². The Labute approximate surface area is 101 Å². The van der Waals surface area contributed by atoms with Crippen LogP contribution in [0.4, 0.5) is 4.39 Å². The summed E-state index contributed by atoms with van der Waals surface area (Å²) in [6.07, 6.45) is 5.11. The van der Waals surface area contributed by atoms with Crippen molar-refractivity contribution in [1.82, 2.24) is 0 Å². The molecule has 0 aliphatic heterocycles. The van der Waals surface area contributed by atoms with Crippen LogP contribution < -0.4 is 5.73 Å². The van der Waals surface area contributed by atoms with E-state index in [0.717, 1.165) is 4.90 Å². The van der Waals surface area contributed by atoms with Gasteiger partial charge in [-0.15, -0.1) is 11.8 Å². The number of hydrogen-bond donors (Lipinski definition) is 1. The topological polar surface area (TPSA) is 26.0 Å². The predicted octanol–water partition coefficient (Wildman–Crippen LogP) is 3.88. The van der Waals surface area contributed by atoms with Crippen molar-refractivity contribution < 1.29 is 4.39 Å². The minimum Gasteiger partial charge on any atom is -0.324 e. The second-order valence-electron chi connectivity index (χ2n) is 4.46. The predicted molar refractivity (Wildman–Crippen MR) is 67.1 cm³/mol. The van der Waals surface area contributed by atoms with Gasteiger partial charge in [-0.05, 0) is 31.9 Å². The first-order chi connectivity index (χ1) is 7.68. The third-order valence-electron chi connectivity index (χ3n) is 3.06. The highest BCUT2D eigenvalue weighted by molar-refractivity contribution is 8.00. The van der Waals surface area contributed by atoms with E-state index in [1.165, 1.54) is 31.7 Å². The van der Waals surface area contributed by atoms with Crippen LogP contribution in [0.3, 0.4) is 0 Å². The molecular weight excluding hydrogens is 221 g/mol. The standard InChI is InChI=1S/C13H18FNS/c1-9(15)13-11(14)7-4-8-12(13)16-10-5-2-3-6-10/h4,7-10H,2-3,5-6,15H2,1H3. The highest BCUT2D eigenvalue weighted by Crippen LogP contribution is 2.38. The van der Waals surface area contributed by atoms with Crippen molar-refractivity contribution >= 4 is 11.8 Å². The first-order valence-electron chi connectivity index (χ1n) is 5.89. The fourth-order valence-electron chi connectivity index (χ4n) is 2.25. The van der Waals surface area contributed by atoms with E-state index in [1.807, 2.05) is 13.0 Å². The van der Waals surface area contributed by atoms with Crippen molar-refractivity contribution in [2.75, 3.05) is 0 Å². The number of rotatable bonds is 3. The van der Waals surface area contributed by atoms with Crippen LogP contribution in [0, 0.1) is 5.82 Å². The van der Waals surface area contributed by atoms with Gasteiger partial charge in [0.2, 0.25) is 0 Å². The molecule has 1 atom stereocenters. The first kappa shape index (κ1) is 11.9. The summed E-state index contributed by atoms with van der Waals surface area (Å²) >= 11 is 1.80. The number of benzene rings is 1. The molecule has 1 unspecified atom stereocenters. The summed E-state index contributed by atoms with van der Waals surface area (Å²) in [5.74, 6) is -0.169. The lowest BCUT2D eigenvalue weighted by atomic mass is 10.1. The Kier molecular flexibility index (Phi) is 3.87. The van der Waals surface area contributed by atoms with Gasteiger partial charge in [0.05, 0.1) is 0 Å². The summed E-state index contributed by atoms with van der Waals surface area (Å²) in [5.41, 5.74) is 6.52. The molecule has 0 heterocycles. The molecule has 0 aromatic heterocycles. The van der Waals surface area contributed by atoms with Gasteiger partial charge < -0.3 is 5.73 Å². The molecule has 3 heteroatoms. The summed E-state index contributed by atoms with van der Waals surface area (Å²) in [6.45, 7) is 1.84. The smallest absolute Gasteiger partial charge is 0.129 e. The van der Waals surface area contributed by atoms with Gasteiger partial charge in [-0.2, -0.15) is 0 Å². The van der Waals surface area contributed by atoms with Crippen LogP contribution in [-0.2, 0) is 0 Å². The molecule has 0 amide bonds. The molecule has 1 aliphatic rings. The third kappa shape index (κ3) is 2.58. The Morgan fingerprint density at radius 1 is 1.38 bits per heavy atom. The van der Waals surface area contributed by atoms with E-state index in [2.05, 4.69) is 0 Å². The molecule has 1 aromatic rings. The van der Waals surface area contributed by atoms with Crippen molar-refractivity contribution in [3.05, 3.63) is 29.6 Å². The molecule has 2 rings (SSSR count). The van der Waals surface area contributed by atoms with Gasteiger partial charge in [0.15, 0.2) is 0 Å². The fourth-order valence-corrected chi connectivity index (χ4v) is 3.74. The quantitative estimate of drug-likeness (QED) is 0.866. The molecule has 0 saturated heterocycles. The van der Waals surface area contributed by atoms with Crippen LogP contribution >= 0.6 is 11.8 Å². The van der Waals surface area contributed by atoms with Gasteiger partial charge in [-0.3, -0.25) is 0 Å². The molecular formula is C13H18FNS. The normalized spacial score (nSPS) is 18.9. The lowest BCUT2D eigenvalue weighted by molar-refractivity contribution is 0.585. The fraction of sp³-hybridized carbons (Fsp3) is 0.538. The summed E-state index contributed by atoms with van der Waals surface area (Å²) < 4.78 is 13.7. The summed E-state index contributed by atoms with van der Waals surface area (Å²) in [5, 5.41) is 0.652. The van der Waals surface area contributed by atoms with Crippen LogP contribution in [0.1, 0.15) is 44.2 Å². The van der Waals surface area contributed by atoms with E-state index >= 15 is 0 Å². The van der Waals surface area contributed by atoms with Crippen LogP contribution in [0.5, 0.6) is 0 Å². The average Bonchev–Trinajstić information content (AvgIpc) is 2.70. The van der Waals surface area contributed by atoms with Crippen LogP contribution in [-0.4, -0.2) is 5.25 Å². The number of hydrogen-bond acceptors (Lipinski definition) is 2. The van der Waals surface area contributed by atoms with E-state index in [4.69, 9.17) is 5.73 Å². The maximum Gasteiger partial charge on any atom is 0.129 e. The summed E-state index contributed by atoms with van der Waals surface area (Å²) in [6, 6.07) is 5.03. The van der Waals surface area contributed by atoms with Gasteiger partial charge in [0, 0.05) is 21.8 Å². The number of thioether (sulfide) groups is 1. The minimum absolute atomic E-state index is 0.169. The van der Waals surface area contributed by atoms with Crippen molar-refractivity contribution in [2.45, 2.75) is 48.8 Å². The van der Waals surface area contributed by atoms with Gasteiger partial charge in [0.1, 0.15) is 5.82 Å². The monoisotopic (exact) mass is 239 g/mol. The molecule has 0 bridgehead atoms. The van der Waals surface area contributed by atoms with Crippen LogP contribution in [0.15, 0.2) is 23.1 Å². The molecule has 0 spiro atoms. The molecule has 16 heavy (non-hydrogen) atoms. The second-order valence-corrected chi connectivity index (χ2v) is 5.81. The maximum absolute atomic E-state index is 13.7. The Morgan fingerprint density at radius 3 is 2.69 bits per heavy atom. The highest BCUT2D eigenvalue weighted by Gasteiger charge is 2.20. The largest absolute Gasteiger partial charge is 0.324 e. The number of halogens is 1. The van der Waals surface area contributed by atoms with Crippen molar-refractivity contribution in [2.24, 2.45) is 5.73 Å². The summed E-state index contributed by atoms with van der Waals surface area (Å²) in [4.78, 5) is 1.03. The first-order valence-corrected chi connectivity index (χ1v) is 6.77. The third-order valence-corrected chi connectivity index (χ3v) is 4.48. The molecule has 1 fully saturated rings. The summed E-state index contributed by atoms with van der Waals surface area (Å²) in [7, 11) is 0. The second kappa shape index (κ2) is 5.19. The van der Waals surface area contributed by atoms with Crippen LogP contribution in [0.2, 0.25) is 0 Å². The van der Waals surface area contributed by atoms with Crippen molar-refractivity contribution in [1.29, 1.82) is 0 Å². The Morgan fingerprint density at radius 2 is 2.06 bits per heavy atom. The van der Waals surface area contributed by atoms with E-state index < -0.39 is 0 Å². The maximum atomic E-state index is 13.7. The van der Waals surface area contributed by atoms with E-state index in [0.29, 0.717) is 10.8 Å². The Hall–Kier alpha value is -0.540. The molecule has 88 valence electrons. The lowest BCUT2D eigenvalue weighted by Crippen LogP contribution is -2.10. The van der Waals surface area contributed by atoms with Gasteiger partial charge >= 0.3 is 0 Å². The highest BCUT2D eigenvalue weighted by atomic mass is 32.2. The van der Waals surface area contributed by atoms with Gasteiger partial charge in [-0.1, -0.05) is 18.9 Å². The van der Waals surface area contributed by atoms with E-state index in [1.54, 1.807) is 17.8 Å². The zero-order valence-electron chi connectivity index (χ0n) is 9.58. The van der Waals surface area contributed by atoms with Crippen LogP contribution in [0.25, 0.3) is 0 Å². The Balaban J connectivity index is 2.21. The lowest BCUT2D eigenvalue weighted by Gasteiger charge is -2.16. The van der Waals surface area contributed by atoms with Gasteiger partial charge in [0.25, 0.3) is 0 Å². The number of nitrogens with two attached hydrogens (primary N) is 1. The molecule has 1 aromatic carbocycles. The molecule has 1 saturated carbocycles. The molecule has 2 N–H and O–H groups in total. The zero-order chi connectivity index (χ0) is 11.5. The molecule has 1 nitrogen and oxygen atoms in total. The van der Waals surface area contributed by atoms with Crippen molar-refractivity contribution in [3.8, 4) is 0 Å². The SMILES string of the molecule is CC(N)c1c(F)cccc1SC1CCCC1. The van der Waals surface area contributed by atoms with E-state index in [9.17, 15) is 4.39 Å². The zero-order valence-corrected chi connectivity index (χ0v) is 10.4. The van der Waals surface area contributed by atoms with E-state index in [-0.39, 0.29) is 11.9 Å². The minimum atomic E-state index is -0.231.